The molecule has 2 amide bonds. The fourth-order valence-electron chi connectivity index (χ4n) is 2.50. The van der Waals surface area contributed by atoms with Gasteiger partial charge in [-0.15, -0.1) is 0 Å². The molecule has 1 atom stereocenters. The lowest BCUT2D eigenvalue weighted by atomic mass is 10.0. The first-order valence-electron chi connectivity index (χ1n) is 10.2. The lowest BCUT2D eigenvalue weighted by Gasteiger charge is -2.28. The van der Waals surface area contributed by atoms with Gasteiger partial charge in [0.05, 0.1) is 0 Å². The highest BCUT2D eigenvalue weighted by molar-refractivity contribution is 5.81. The number of nitrogens with zero attached hydrogens (tertiary/aromatic N) is 2. The summed E-state index contributed by atoms with van der Waals surface area (Å²) < 4.78 is 5.36. The number of hydrogen-bond donors (Lipinski definition) is 3. The molecule has 8 nitrogen and oxygen atoms in total. The van der Waals surface area contributed by atoms with Crippen molar-refractivity contribution in [3.63, 3.8) is 0 Å². The van der Waals surface area contributed by atoms with E-state index in [1.54, 1.807) is 7.05 Å². The maximum Gasteiger partial charge on any atom is 0.407 e. The molecule has 3 N–H and O–H groups in total. The third-order valence-electron chi connectivity index (χ3n) is 4.06. The van der Waals surface area contributed by atoms with Gasteiger partial charge in [-0.25, -0.2) is 4.79 Å². The molecule has 0 spiro atoms. The van der Waals surface area contributed by atoms with Crippen molar-refractivity contribution >= 4 is 18.0 Å². The van der Waals surface area contributed by atoms with Crippen LogP contribution in [0.5, 0.6) is 0 Å². The molecule has 0 aromatic carbocycles. The SMILES string of the molecule is CCCNC(=O)CCNC(=NC)N(C)CCC(NC(=O)OC(C)(C)C)C(C)C. The van der Waals surface area contributed by atoms with E-state index in [4.69, 9.17) is 4.74 Å². The van der Waals surface area contributed by atoms with Crippen LogP contribution in [0.2, 0.25) is 0 Å². The molecule has 0 aliphatic carbocycles. The Bertz CT molecular complexity index is 501. The van der Waals surface area contributed by atoms with E-state index >= 15 is 0 Å². The summed E-state index contributed by atoms with van der Waals surface area (Å²) in [6.07, 6.45) is 1.69. The third kappa shape index (κ3) is 12.4. The highest BCUT2D eigenvalue weighted by atomic mass is 16.6. The molecular formula is C20H41N5O3. The number of carbonyl (C=O) groups is 2. The predicted molar refractivity (Wildman–Crippen MR) is 115 cm³/mol. The Morgan fingerprint density at radius 2 is 1.79 bits per heavy atom. The zero-order valence-electron chi connectivity index (χ0n) is 19.0. The summed E-state index contributed by atoms with van der Waals surface area (Å²) in [7, 11) is 3.66. The molecule has 0 rings (SSSR count). The van der Waals surface area contributed by atoms with Crippen molar-refractivity contribution in [1.29, 1.82) is 0 Å². The number of nitrogens with one attached hydrogen (secondary N) is 3. The molecule has 0 aliphatic rings. The van der Waals surface area contributed by atoms with Crippen molar-refractivity contribution in [1.82, 2.24) is 20.9 Å². The van der Waals surface area contributed by atoms with Crippen LogP contribution in [0.15, 0.2) is 4.99 Å². The van der Waals surface area contributed by atoms with E-state index in [9.17, 15) is 9.59 Å². The van der Waals surface area contributed by atoms with E-state index in [1.165, 1.54) is 0 Å². The minimum atomic E-state index is -0.516. The van der Waals surface area contributed by atoms with Crippen molar-refractivity contribution in [2.45, 2.75) is 72.4 Å². The number of rotatable bonds is 10. The normalized spacial score (nSPS) is 13.1. The van der Waals surface area contributed by atoms with Gasteiger partial charge in [0.1, 0.15) is 5.60 Å². The van der Waals surface area contributed by atoms with E-state index in [0.717, 1.165) is 18.8 Å². The van der Waals surface area contributed by atoms with Crippen molar-refractivity contribution in [3.8, 4) is 0 Å². The van der Waals surface area contributed by atoms with Crippen molar-refractivity contribution < 1.29 is 14.3 Å². The monoisotopic (exact) mass is 399 g/mol. The summed E-state index contributed by atoms with van der Waals surface area (Å²) in [6, 6.07) is -0.00442. The quantitative estimate of drug-likeness (QED) is 0.387. The second-order valence-electron chi connectivity index (χ2n) is 8.28. The van der Waals surface area contributed by atoms with E-state index in [2.05, 4.69) is 34.8 Å². The van der Waals surface area contributed by atoms with Gasteiger partial charge in [0.15, 0.2) is 5.96 Å². The molecule has 8 heteroatoms. The van der Waals surface area contributed by atoms with Gasteiger partial charge in [-0.3, -0.25) is 9.79 Å². The second kappa shape index (κ2) is 13.2. The van der Waals surface area contributed by atoms with Crippen molar-refractivity contribution in [2.24, 2.45) is 10.9 Å². The van der Waals surface area contributed by atoms with E-state index < -0.39 is 11.7 Å². The van der Waals surface area contributed by atoms with Gasteiger partial charge in [0.25, 0.3) is 0 Å². The Hall–Kier alpha value is -1.99. The van der Waals surface area contributed by atoms with Crippen LogP contribution in [0.3, 0.4) is 0 Å². The van der Waals surface area contributed by atoms with Gasteiger partial charge in [-0.2, -0.15) is 0 Å². The Morgan fingerprint density at radius 1 is 1.14 bits per heavy atom. The molecule has 0 aromatic rings. The third-order valence-corrected chi connectivity index (χ3v) is 4.06. The van der Waals surface area contributed by atoms with Crippen LogP contribution in [0.4, 0.5) is 4.79 Å². The van der Waals surface area contributed by atoms with E-state index in [0.29, 0.717) is 26.1 Å². The lowest BCUT2D eigenvalue weighted by molar-refractivity contribution is -0.120. The molecule has 0 fully saturated rings. The smallest absolute Gasteiger partial charge is 0.407 e. The maximum atomic E-state index is 12.1. The van der Waals surface area contributed by atoms with Crippen LogP contribution in [-0.2, 0) is 9.53 Å². The molecular weight excluding hydrogens is 358 g/mol. The van der Waals surface area contributed by atoms with Gasteiger partial charge in [-0.05, 0) is 39.5 Å². The summed E-state index contributed by atoms with van der Waals surface area (Å²) in [6.45, 7) is 13.7. The van der Waals surface area contributed by atoms with Crippen molar-refractivity contribution in [3.05, 3.63) is 0 Å². The zero-order chi connectivity index (χ0) is 21.7. The molecule has 164 valence electrons. The number of alkyl carbamates (subject to hydrolysis) is 1. The molecule has 0 heterocycles. The molecule has 28 heavy (non-hydrogen) atoms. The van der Waals surface area contributed by atoms with Crippen LogP contribution < -0.4 is 16.0 Å². The number of hydrogen-bond acceptors (Lipinski definition) is 4. The standard InChI is InChI=1S/C20H41N5O3/c1-9-12-22-17(26)10-13-23-18(21-7)25(8)14-11-16(15(2)3)24-19(27)28-20(4,5)6/h15-16H,9-14H2,1-8H3,(H,21,23)(H,22,26)(H,24,27). The summed E-state index contributed by atoms with van der Waals surface area (Å²) >= 11 is 0. The topological polar surface area (TPSA) is 95.1 Å². The number of amides is 2. The number of guanidine groups is 1. The Labute approximate surface area is 170 Å². The predicted octanol–water partition coefficient (Wildman–Crippen LogP) is 2.35. The number of aliphatic imine (C=N–C) groups is 1. The number of carbonyl (C=O) groups excluding carboxylic acids is 2. The van der Waals surface area contributed by atoms with Gasteiger partial charge < -0.3 is 25.6 Å². The van der Waals surface area contributed by atoms with E-state index in [-0.39, 0.29) is 17.9 Å². The maximum absolute atomic E-state index is 12.1. The molecule has 0 saturated carbocycles. The van der Waals surface area contributed by atoms with Crippen LogP contribution in [0.1, 0.15) is 60.8 Å². The first kappa shape index (κ1) is 26.0. The Kier molecular flexibility index (Phi) is 12.3. The first-order valence-corrected chi connectivity index (χ1v) is 10.2. The van der Waals surface area contributed by atoms with Crippen molar-refractivity contribution in [2.75, 3.05) is 33.7 Å². The fraction of sp³-hybridized carbons (Fsp3) is 0.850. The first-order chi connectivity index (χ1) is 13.0. The molecule has 1 unspecified atom stereocenters. The molecule has 0 radical (unpaired) electrons. The van der Waals surface area contributed by atoms with Crippen LogP contribution in [0, 0.1) is 5.92 Å². The van der Waals surface area contributed by atoms with E-state index in [1.807, 2.05) is 39.6 Å². The molecule has 0 aliphatic heterocycles. The van der Waals surface area contributed by atoms with Gasteiger partial charge in [0, 0.05) is 46.2 Å². The molecule has 0 bridgehead atoms. The Balaban J connectivity index is 4.47. The van der Waals surface area contributed by atoms with Crippen LogP contribution in [0.25, 0.3) is 0 Å². The highest BCUT2D eigenvalue weighted by Gasteiger charge is 2.22. The summed E-state index contributed by atoms with van der Waals surface area (Å²) in [4.78, 5) is 30.0. The van der Waals surface area contributed by atoms with Crippen LogP contribution >= 0.6 is 0 Å². The Morgan fingerprint density at radius 3 is 2.29 bits per heavy atom. The van der Waals surface area contributed by atoms with Gasteiger partial charge >= 0.3 is 6.09 Å². The summed E-state index contributed by atoms with van der Waals surface area (Å²) in [5.41, 5.74) is -0.516. The van der Waals surface area contributed by atoms with Crippen LogP contribution in [-0.4, -0.2) is 68.2 Å². The second-order valence-corrected chi connectivity index (χ2v) is 8.28. The zero-order valence-corrected chi connectivity index (χ0v) is 19.0. The minimum absolute atomic E-state index is 0.00442. The lowest BCUT2D eigenvalue weighted by Crippen LogP contribution is -2.45. The summed E-state index contributed by atoms with van der Waals surface area (Å²) in [5.74, 6) is 1.04. The largest absolute Gasteiger partial charge is 0.444 e. The van der Waals surface area contributed by atoms with Gasteiger partial charge in [-0.1, -0.05) is 20.8 Å². The summed E-state index contributed by atoms with van der Waals surface area (Å²) in [5, 5.41) is 9.02. The fourth-order valence-corrected chi connectivity index (χ4v) is 2.50. The highest BCUT2D eigenvalue weighted by Crippen LogP contribution is 2.11. The number of ether oxygens (including phenoxy) is 1. The average molecular weight is 400 g/mol. The average Bonchev–Trinajstić information content (AvgIpc) is 2.58. The van der Waals surface area contributed by atoms with Gasteiger partial charge in [0.2, 0.25) is 5.91 Å². The molecule has 0 aromatic heterocycles. The minimum Gasteiger partial charge on any atom is -0.444 e. The molecule has 0 saturated heterocycles.